The molecule has 6 nitrogen and oxygen atoms in total. The predicted molar refractivity (Wildman–Crippen MR) is 106 cm³/mol. The number of hydrogen-bond acceptors (Lipinski definition) is 5. The fourth-order valence-corrected chi connectivity index (χ4v) is 2.11. The number of amides is 1. The summed E-state index contributed by atoms with van der Waals surface area (Å²) >= 11 is 0. The van der Waals surface area contributed by atoms with Gasteiger partial charge in [0.15, 0.2) is 0 Å². The molecule has 0 bridgehead atoms. The molecule has 150 valence electrons. The molecule has 27 heavy (non-hydrogen) atoms. The first-order valence-corrected chi connectivity index (χ1v) is 9.43. The largest absolute Gasteiger partial charge is 0.379 e. The van der Waals surface area contributed by atoms with Crippen LogP contribution in [0.2, 0.25) is 0 Å². The second kappa shape index (κ2) is 16.3. The molecule has 1 aromatic carbocycles. The summed E-state index contributed by atoms with van der Waals surface area (Å²) in [6.07, 6.45) is 7.39. The van der Waals surface area contributed by atoms with Crippen LogP contribution in [-0.2, 0) is 23.7 Å². The Bertz CT molecular complexity index is 538. The van der Waals surface area contributed by atoms with E-state index in [4.69, 9.17) is 25.4 Å². The molecule has 0 aliphatic heterocycles. The Morgan fingerprint density at radius 2 is 1.41 bits per heavy atom. The third-order valence-electron chi connectivity index (χ3n) is 3.49. The lowest BCUT2D eigenvalue weighted by atomic mass is 10.2. The molecule has 0 radical (unpaired) electrons. The third-order valence-corrected chi connectivity index (χ3v) is 3.49. The molecule has 0 fully saturated rings. The minimum atomic E-state index is -0.0385. The first-order chi connectivity index (χ1) is 13.3. The second-order valence-corrected chi connectivity index (χ2v) is 5.82. The minimum Gasteiger partial charge on any atom is -0.379 e. The summed E-state index contributed by atoms with van der Waals surface area (Å²) in [6.45, 7) is 6.72. The minimum absolute atomic E-state index is 0.0385. The molecule has 0 atom stereocenters. The smallest absolute Gasteiger partial charge is 0.224 e. The van der Waals surface area contributed by atoms with Crippen LogP contribution in [0.5, 0.6) is 0 Å². The molecule has 1 amide bonds. The molecule has 0 aliphatic carbocycles. The number of rotatable bonds is 16. The number of carbonyl (C=O) groups excluding carboxylic acids is 1. The standard InChI is InChI=1S/C21H31NO5/c1-3-11-24-13-15-26-17-18-27-16-14-25-12-5-6-21(23)22-20-9-7-19(4-2)8-10-20/h2,7-10H,3,5-6,11-18H2,1H3,(H,22,23). The maximum Gasteiger partial charge on any atom is 0.224 e. The summed E-state index contributed by atoms with van der Waals surface area (Å²) in [5.74, 6) is 2.50. The second-order valence-electron chi connectivity index (χ2n) is 5.82. The molecule has 0 unspecified atom stereocenters. The summed E-state index contributed by atoms with van der Waals surface area (Å²) in [6, 6.07) is 7.18. The van der Waals surface area contributed by atoms with Crippen molar-refractivity contribution in [2.45, 2.75) is 26.2 Å². The van der Waals surface area contributed by atoms with Gasteiger partial charge >= 0.3 is 0 Å². The van der Waals surface area contributed by atoms with Crippen molar-refractivity contribution in [3.63, 3.8) is 0 Å². The van der Waals surface area contributed by atoms with Crippen molar-refractivity contribution in [3.8, 4) is 12.3 Å². The van der Waals surface area contributed by atoms with Crippen LogP contribution in [-0.4, -0.2) is 58.8 Å². The van der Waals surface area contributed by atoms with Gasteiger partial charge in [0.25, 0.3) is 0 Å². The Labute approximate surface area is 162 Å². The SMILES string of the molecule is C#Cc1ccc(NC(=O)CCCOCCOCCOCCOCCC)cc1. The number of ether oxygens (including phenoxy) is 4. The summed E-state index contributed by atoms with van der Waals surface area (Å²) in [5.41, 5.74) is 1.53. The Hall–Kier alpha value is -1.91. The van der Waals surface area contributed by atoms with Gasteiger partial charge in [-0.15, -0.1) is 6.42 Å². The molecule has 0 heterocycles. The zero-order valence-corrected chi connectivity index (χ0v) is 16.2. The molecular formula is C21H31NO5. The van der Waals surface area contributed by atoms with Gasteiger partial charge in [0.05, 0.1) is 39.6 Å². The van der Waals surface area contributed by atoms with E-state index >= 15 is 0 Å². The summed E-state index contributed by atoms with van der Waals surface area (Å²) < 4.78 is 21.5. The van der Waals surface area contributed by atoms with Crippen molar-refractivity contribution in [1.82, 2.24) is 0 Å². The molecular weight excluding hydrogens is 346 g/mol. The van der Waals surface area contributed by atoms with E-state index in [2.05, 4.69) is 18.2 Å². The van der Waals surface area contributed by atoms with Crippen LogP contribution in [0.15, 0.2) is 24.3 Å². The van der Waals surface area contributed by atoms with E-state index in [1.54, 1.807) is 24.3 Å². The molecule has 0 saturated carbocycles. The number of anilines is 1. The van der Waals surface area contributed by atoms with Crippen molar-refractivity contribution in [2.24, 2.45) is 0 Å². The topological polar surface area (TPSA) is 66.0 Å². The van der Waals surface area contributed by atoms with Crippen molar-refractivity contribution >= 4 is 11.6 Å². The van der Waals surface area contributed by atoms with Crippen molar-refractivity contribution < 1.29 is 23.7 Å². The molecule has 1 N–H and O–H groups in total. The van der Waals surface area contributed by atoms with Gasteiger partial charge in [-0.25, -0.2) is 0 Å². The highest BCUT2D eigenvalue weighted by Crippen LogP contribution is 2.09. The monoisotopic (exact) mass is 377 g/mol. The third kappa shape index (κ3) is 13.0. The van der Waals surface area contributed by atoms with E-state index in [1.165, 1.54) is 0 Å². The van der Waals surface area contributed by atoms with Gasteiger partial charge in [0, 0.05) is 30.9 Å². The van der Waals surface area contributed by atoms with Gasteiger partial charge < -0.3 is 24.3 Å². The summed E-state index contributed by atoms with van der Waals surface area (Å²) in [7, 11) is 0. The lowest BCUT2D eigenvalue weighted by Gasteiger charge is -2.08. The average Bonchev–Trinajstić information content (AvgIpc) is 2.69. The highest BCUT2D eigenvalue weighted by atomic mass is 16.6. The predicted octanol–water partition coefficient (Wildman–Crippen LogP) is 2.86. The molecule has 0 spiro atoms. The Morgan fingerprint density at radius 1 is 0.889 bits per heavy atom. The van der Waals surface area contributed by atoms with E-state index < -0.39 is 0 Å². The highest BCUT2D eigenvalue weighted by Gasteiger charge is 2.02. The van der Waals surface area contributed by atoms with Crippen molar-refractivity contribution in [1.29, 1.82) is 0 Å². The van der Waals surface area contributed by atoms with Gasteiger partial charge in [-0.2, -0.15) is 0 Å². The average molecular weight is 377 g/mol. The number of hydrogen-bond donors (Lipinski definition) is 1. The number of terminal acetylenes is 1. The Kier molecular flexibility index (Phi) is 13.9. The van der Waals surface area contributed by atoms with E-state index in [1.807, 2.05) is 0 Å². The Balaban J connectivity index is 1.87. The lowest BCUT2D eigenvalue weighted by Crippen LogP contribution is -2.14. The first kappa shape index (κ1) is 23.1. The zero-order valence-electron chi connectivity index (χ0n) is 16.2. The fraction of sp³-hybridized carbons (Fsp3) is 0.571. The van der Waals surface area contributed by atoms with E-state index in [-0.39, 0.29) is 5.91 Å². The quantitative estimate of drug-likeness (QED) is 0.354. The van der Waals surface area contributed by atoms with E-state index in [9.17, 15) is 4.79 Å². The van der Waals surface area contributed by atoms with Crippen LogP contribution >= 0.6 is 0 Å². The molecule has 0 aliphatic rings. The summed E-state index contributed by atoms with van der Waals surface area (Å²) in [5, 5.41) is 2.83. The maximum atomic E-state index is 11.8. The van der Waals surface area contributed by atoms with Crippen LogP contribution in [0.3, 0.4) is 0 Å². The van der Waals surface area contributed by atoms with Crippen LogP contribution in [0, 0.1) is 12.3 Å². The number of nitrogens with one attached hydrogen (secondary N) is 1. The fourth-order valence-electron chi connectivity index (χ4n) is 2.11. The van der Waals surface area contributed by atoms with Crippen molar-refractivity contribution in [3.05, 3.63) is 29.8 Å². The lowest BCUT2D eigenvalue weighted by molar-refractivity contribution is -0.116. The number of carbonyl (C=O) groups is 1. The molecule has 0 saturated heterocycles. The zero-order chi connectivity index (χ0) is 19.6. The molecule has 6 heteroatoms. The molecule has 1 rings (SSSR count). The maximum absolute atomic E-state index is 11.8. The van der Waals surface area contributed by atoms with Crippen LogP contribution in [0.1, 0.15) is 31.7 Å². The highest BCUT2D eigenvalue weighted by molar-refractivity contribution is 5.90. The van der Waals surface area contributed by atoms with Gasteiger partial charge in [0.1, 0.15) is 0 Å². The molecule has 1 aromatic rings. The van der Waals surface area contributed by atoms with E-state index in [0.717, 1.165) is 24.3 Å². The van der Waals surface area contributed by atoms with Crippen LogP contribution in [0.25, 0.3) is 0 Å². The Morgan fingerprint density at radius 3 is 1.93 bits per heavy atom. The van der Waals surface area contributed by atoms with Gasteiger partial charge in [-0.3, -0.25) is 4.79 Å². The van der Waals surface area contributed by atoms with Crippen LogP contribution in [0.4, 0.5) is 5.69 Å². The normalized spacial score (nSPS) is 10.5. The van der Waals surface area contributed by atoms with Crippen LogP contribution < -0.4 is 5.32 Å². The van der Waals surface area contributed by atoms with Gasteiger partial charge in [-0.1, -0.05) is 12.8 Å². The summed E-state index contributed by atoms with van der Waals surface area (Å²) in [4.78, 5) is 11.8. The van der Waals surface area contributed by atoms with Crippen molar-refractivity contribution in [2.75, 3.05) is 58.2 Å². The first-order valence-electron chi connectivity index (χ1n) is 9.43. The number of benzene rings is 1. The van der Waals surface area contributed by atoms with Gasteiger partial charge in [-0.05, 0) is 37.1 Å². The van der Waals surface area contributed by atoms with E-state index in [0.29, 0.717) is 59.1 Å². The van der Waals surface area contributed by atoms with Gasteiger partial charge in [0.2, 0.25) is 5.91 Å². The molecule has 0 aromatic heterocycles.